The second-order valence-electron chi connectivity index (χ2n) is 6.86. The van der Waals surface area contributed by atoms with Gasteiger partial charge in [0.2, 0.25) is 5.91 Å². The molecule has 0 N–H and O–H groups in total. The van der Waals surface area contributed by atoms with E-state index in [0.29, 0.717) is 6.54 Å². The average Bonchev–Trinajstić information content (AvgIpc) is 3.10. The molecular weight excluding hydrogens is 368 g/mol. The number of hydrogen-bond donors (Lipinski definition) is 0. The fraction of sp³-hybridized carbons (Fsp3) is 0.318. The van der Waals surface area contributed by atoms with E-state index in [1.807, 2.05) is 56.4 Å². The zero-order chi connectivity index (χ0) is 20.1. The number of amides is 1. The van der Waals surface area contributed by atoms with Gasteiger partial charge in [-0.2, -0.15) is 0 Å². The topological polar surface area (TPSA) is 51.0 Å². The van der Waals surface area contributed by atoms with Crippen LogP contribution in [0.2, 0.25) is 0 Å². The lowest BCUT2D eigenvalue weighted by Crippen LogP contribution is -2.33. The molecule has 0 radical (unpaired) electrons. The predicted molar refractivity (Wildman–Crippen MR) is 114 cm³/mol. The highest BCUT2D eigenvalue weighted by Crippen LogP contribution is 2.28. The molecule has 2 aromatic carbocycles. The zero-order valence-electron chi connectivity index (χ0n) is 16.8. The van der Waals surface area contributed by atoms with Crippen molar-refractivity contribution >= 4 is 17.7 Å². The van der Waals surface area contributed by atoms with Crippen LogP contribution in [0, 0.1) is 6.92 Å². The van der Waals surface area contributed by atoms with Gasteiger partial charge in [0, 0.05) is 25.7 Å². The first-order valence-corrected chi connectivity index (χ1v) is 10.3. The SMILES string of the molecule is CCn1c(SC(C)C(=O)N(C)Cc2ccccc2)nnc1-c1cccc(C)c1. The molecule has 1 aromatic heterocycles. The summed E-state index contributed by atoms with van der Waals surface area (Å²) in [6.07, 6.45) is 0. The van der Waals surface area contributed by atoms with Crippen LogP contribution >= 0.6 is 11.8 Å². The summed E-state index contributed by atoms with van der Waals surface area (Å²) in [5, 5.41) is 9.28. The molecule has 0 aliphatic heterocycles. The van der Waals surface area contributed by atoms with E-state index in [-0.39, 0.29) is 11.2 Å². The fourth-order valence-electron chi connectivity index (χ4n) is 3.11. The molecule has 1 atom stereocenters. The van der Waals surface area contributed by atoms with Gasteiger partial charge in [0.25, 0.3) is 0 Å². The Morgan fingerprint density at radius 3 is 2.57 bits per heavy atom. The molecule has 5 nitrogen and oxygen atoms in total. The molecule has 0 saturated heterocycles. The lowest BCUT2D eigenvalue weighted by atomic mass is 10.1. The van der Waals surface area contributed by atoms with Gasteiger partial charge in [0.1, 0.15) is 0 Å². The van der Waals surface area contributed by atoms with Crippen LogP contribution in [-0.2, 0) is 17.9 Å². The summed E-state index contributed by atoms with van der Waals surface area (Å²) < 4.78 is 2.07. The Hall–Kier alpha value is -2.60. The van der Waals surface area contributed by atoms with Gasteiger partial charge in [0.15, 0.2) is 11.0 Å². The van der Waals surface area contributed by atoms with Crippen molar-refractivity contribution in [2.45, 2.75) is 44.3 Å². The lowest BCUT2D eigenvalue weighted by molar-refractivity contribution is -0.129. The highest BCUT2D eigenvalue weighted by Gasteiger charge is 2.23. The maximum atomic E-state index is 12.8. The van der Waals surface area contributed by atoms with Crippen LogP contribution in [0.1, 0.15) is 25.0 Å². The first kappa shape index (κ1) is 20.1. The van der Waals surface area contributed by atoms with E-state index < -0.39 is 0 Å². The summed E-state index contributed by atoms with van der Waals surface area (Å²) >= 11 is 1.46. The molecule has 146 valence electrons. The van der Waals surface area contributed by atoms with Crippen LogP contribution in [-0.4, -0.2) is 37.9 Å². The largest absolute Gasteiger partial charge is 0.340 e. The van der Waals surface area contributed by atoms with E-state index in [1.165, 1.54) is 17.3 Å². The van der Waals surface area contributed by atoms with E-state index in [0.717, 1.165) is 28.7 Å². The number of benzene rings is 2. The number of aromatic nitrogens is 3. The third-order valence-electron chi connectivity index (χ3n) is 4.58. The monoisotopic (exact) mass is 394 g/mol. The molecule has 3 rings (SSSR count). The molecule has 0 aliphatic rings. The minimum atomic E-state index is -0.242. The van der Waals surface area contributed by atoms with Crippen molar-refractivity contribution in [3.8, 4) is 11.4 Å². The number of aryl methyl sites for hydroxylation is 1. The van der Waals surface area contributed by atoms with Crippen LogP contribution < -0.4 is 0 Å². The van der Waals surface area contributed by atoms with Gasteiger partial charge >= 0.3 is 0 Å². The van der Waals surface area contributed by atoms with E-state index >= 15 is 0 Å². The number of carbonyl (C=O) groups is 1. The Balaban J connectivity index is 1.73. The molecule has 0 spiro atoms. The van der Waals surface area contributed by atoms with E-state index in [2.05, 4.69) is 40.7 Å². The third kappa shape index (κ3) is 4.62. The highest BCUT2D eigenvalue weighted by atomic mass is 32.2. The average molecular weight is 395 g/mol. The van der Waals surface area contributed by atoms with Gasteiger partial charge in [-0.25, -0.2) is 0 Å². The lowest BCUT2D eigenvalue weighted by Gasteiger charge is -2.21. The van der Waals surface area contributed by atoms with Crippen molar-refractivity contribution in [1.29, 1.82) is 0 Å². The number of thioether (sulfide) groups is 1. The Morgan fingerprint density at radius 2 is 1.89 bits per heavy atom. The van der Waals surface area contributed by atoms with Gasteiger partial charge in [0.05, 0.1) is 5.25 Å². The summed E-state index contributed by atoms with van der Waals surface area (Å²) in [5.74, 6) is 0.919. The maximum Gasteiger partial charge on any atom is 0.235 e. The normalized spacial score (nSPS) is 12.0. The van der Waals surface area contributed by atoms with Crippen molar-refractivity contribution in [3.05, 3.63) is 65.7 Å². The summed E-state index contributed by atoms with van der Waals surface area (Å²) in [7, 11) is 1.84. The first-order chi connectivity index (χ1) is 13.5. The number of nitrogens with zero attached hydrogens (tertiary/aromatic N) is 4. The second kappa shape index (κ2) is 9.06. The number of rotatable bonds is 7. The number of hydrogen-bond acceptors (Lipinski definition) is 4. The first-order valence-electron chi connectivity index (χ1n) is 9.45. The standard InChI is InChI=1S/C22H26N4OS/c1-5-26-20(19-13-9-10-16(2)14-19)23-24-22(26)28-17(3)21(27)25(4)15-18-11-7-6-8-12-18/h6-14,17H,5,15H2,1-4H3. The minimum Gasteiger partial charge on any atom is -0.340 e. The molecule has 0 fully saturated rings. The molecule has 1 unspecified atom stereocenters. The Labute approximate surface area is 170 Å². The highest BCUT2D eigenvalue weighted by molar-refractivity contribution is 8.00. The summed E-state index contributed by atoms with van der Waals surface area (Å²) in [6.45, 7) is 7.41. The zero-order valence-corrected chi connectivity index (χ0v) is 17.6. The van der Waals surface area contributed by atoms with Crippen molar-refractivity contribution in [2.24, 2.45) is 0 Å². The van der Waals surface area contributed by atoms with Crippen LogP contribution in [0.25, 0.3) is 11.4 Å². The summed E-state index contributed by atoms with van der Waals surface area (Å²) in [4.78, 5) is 14.6. The molecule has 0 saturated carbocycles. The van der Waals surface area contributed by atoms with Crippen molar-refractivity contribution < 1.29 is 4.79 Å². The Morgan fingerprint density at radius 1 is 1.14 bits per heavy atom. The summed E-state index contributed by atoms with van der Waals surface area (Å²) in [5.41, 5.74) is 3.35. The van der Waals surface area contributed by atoms with Crippen molar-refractivity contribution in [1.82, 2.24) is 19.7 Å². The van der Waals surface area contributed by atoms with Gasteiger partial charge in [-0.05, 0) is 32.4 Å². The summed E-state index contributed by atoms with van der Waals surface area (Å²) in [6, 6.07) is 18.3. The van der Waals surface area contributed by atoms with Gasteiger partial charge in [-0.1, -0.05) is 65.9 Å². The van der Waals surface area contributed by atoms with E-state index in [9.17, 15) is 4.79 Å². The van der Waals surface area contributed by atoms with Crippen LogP contribution in [0.4, 0.5) is 0 Å². The number of carbonyl (C=O) groups excluding carboxylic acids is 1. The Bertz CT molecular complexity index is 939. The molecule has 0 aliphatic carbocycles. The van der Waals surface area contributed by atoms with E-state index in [4.69, 9.17) is 0 Å². The smallest absolute Gasteiger partial charge is 0.235 e. The molecule has 1 heterocycles. The predicted octanol–water partition coefficient (Wildman–Crippen LogP) is 4.41. The third-order valence-corrected chi connectivity index (χ3v) is 5.65. The molecule has 3 aromatic rings. The fourth-order valence-corrected chi connectivity index (χ4v) is 4.14. The van der Waals surface area contributed by atoms with Gasteiger partial charge in [-0.15, -0.1) is 10.2 Å². The van der Waals surface area contributed by atoms with Crippen LogP contribution in [0.3, 0.4) is 0 Å². The molecular formula is C22H26N4OS. The van der Waals surface area contributed by atoms with Crippen molar-refractivity contribution in [3.63, 3.8) is 0 Å². The quantitative estimate of drug-likeness (QED) is 0.557. The Kier molecular flexibility index (Phi) is 6.52. The molecule has 0 bridgehead atoms. The molecule has 28 heavy (non-hydrogen) atoms. The second-order valence-corrected chi connectivity index (χ2v) is 8.17. The maximum absolute atomic E-state index is 12.8. The molecule has 6 heteroatoms. The molecule has 1 amide bonds. The minimum absolute atomic E-state index is 0.0802. The van der Waals surface area contributed by atoms with Crippen molar-refractivity contribution in [2.75, 3.05) is 7.05 Å². The van der Waals surface area contributed by atoms with Crippen LogP contribution in [0.5, 0.6) is 0 Å². The van der Waals surface area contributed by atoms with Crippen LogP contribution in [0.15, 0.2) is 59.8 Å². The van der Waals surface area contributed by atoms with Gasteiger partial charge in [-0.3, -0.25) is 4.79 Å². The van der Waals surface area contributed by atoms with E-state index in [1.54, 1.807) is 4.90 Å². The van der Waals surface area contributed by atoms with Gasteiger partial charge < -0.3 is 9.47 Å².